The summed E-state index contributed by atoms with van der Waals surface area (Å²) in [5.41, 5.74) is 3.82. The van der Waals surface area contributed by atoms with Crippen molar-refractivity contribution < 1.29 is 19.4 Å². The van der Waals surface area contributed by atoms with Crippen LogP contribution < -0.4 is 0 Å². The van der Waals surface area contributed by atoms with E-state index < -0.39 is 5.97 Å². The Morgan fingerprint density at radius 3 is 2.56 bits per heavy atom. The summed E-state index contributed by atoms with van der Waals surface area (Å²) >= 11 is 0. The number of ether oxygens (including phenoxy) is 1. The second-order valence-electron chi connectivity index (χ2n) is 6.19. The first-order valence-electron chi connectivity index (χ1n) is 8.38. The van der Waals surface area contributed by atoms with E-state index in [1.54, 1.807) is 4.90 Å². The lowest BCUT2D eigenvalue weighted by molar-refractivity contribution is -0.137. The zero-order chi connectivity index (χ0) is 17.6. The van der Waals surface area contributed by atoms with E-state index in [9.17, 15) is 9.59 Å². The van der Waals surface area contributed by atoms with Crippen molar-refractivity contribution in [2.24, 2.45) is 0 Å². The number of carbonyl (C=O) groups excluding carboxylic acids is 1. The molecule has 1 N–H and O–H groups in total. The number of nitrogens with zero attached hydrogens (tertiary/aromatic N) is 1. The van der Waals surface area contributed by atoms with Crippen LogP contribution in [0.2, 0.25) is 0 Å². The third-order valence-electron chi connectivity index (χ3n) is 4.29. The number of carbonyl (C=O) groups is 2. The summed E-state index contributed by atoms with van der Waals surface area (Å²) in [5, 5.41) is 8.86. The van der Waals surface area contributed by atoms with E-state index in [1.807, 2.05) is 48.5 Å². The Bertz CT molecular complexity index is 758. The van der Waals surface area contributed by atoms with Gasteiger partial charge in [-0.1, -0.05) is 36.4 Å². The first-order chi connectivity index (χ1) is 12.1. The van der Waals surface area contributed by atoms with E-state index in [4.69, 9.17) is 9.84 Å². The van der Waals surface area contributed by atoms with Crippen LogP contribution >= 0.6 is 0 Å². The molecule has 5 nitrogen and oxygen atoms in total. The zero-order valence-electron chi connectivity index (χ0n) is 14.0. The highest BCUT2D eigenvalue weighted by Gasteiger charge is 2.19. The summed E-state index contributed by atoms with van der Waals surface area (Å²) in [6.07, 6.45) is 0.485. The van der Waals surface area contributed by atoms with Gasteiger partial charge in [0.15, 0.2) is 0 Å². The van der Waals surface area contributed by atoms with Crippen LogP contribution in [0.25, 0.3) is 0 Å². The highest BCUT2D eigenvalue weighted by Crippen LogP contribution is 2.22. The molecule has 1 aliphatic rings. The van der Waals surface area contributed by atoms with E-state index in [2.05, 4.69) is 0 Å². The zero-order valence-corrected chi connectivity index (χ0v) is 14.0. The van der Waals surface area contributed by atoms with Crippen LogP contribution in [0.5, 0.6) is 0 Å². The largest absolute Gasteiger partial charge is 0.481 e. The predicted octanol–water partition coefficient (Wildman–Crippen LogP) is 3.22. The molecule has 0 bridgehead atoms. The quantitative estimate of drug-likeness (QED) is 0.841. The first-order valence-corrected chi connectivity index (χ1v) is 8.38. The van der Waals surface area contributed by atoms with E-state index >= 15 is 0 Å². The SMILES string of the molecule is O=C(O)CCCN(Cc1ccccc1)C(=O)c1ccc2c(c1)COC2. The minimum Gasteiger partial charge on any atom is -0.481 e. The molecule has 1 aliphatic heterocycles. The molecule has 25 heavy (non-hydrogen) atoms. The van der Waals surface area contributed by atoms with Crippen molar-refractivity contribution in [3.05, 3.63) is 70.8 Å². The number of benzene rings is 2. The second kappa shape index (κ2) is 7.94. The Balaban J connectivity index is 1.77. The molecule has 0 radical (unpaired) electrons. The predicted molar refractivity (Wildman–Crippen MR) is 93.0 cm³/mol. The summed E-state index contributed by atoms with van der Waals surface area (Å²) in [5.74, 6) is -0.925. The van der Waals surface area contributed by atoms with Crippen LogP contribution in [-0.2, 0) is 29.3 Å². The Hall–Kier alpha value is -2.66. The summed E-state index contributed by atoms with van der Waals surface area (Å²) < 4.78 is 5.41. The minimum atomic E-state index is -0.846. The lowest BCUT2D eigenvalue weighted by Crippen LogP contribution is -2.32. The molecule has 2 aromatic rings. The molecule has 0 spiro atoms. The molecular weight excluding hydrogens is 318 g/mol. The van der Waals surface area contributed by atoms with Crippen molar-refractivity contribution in [2.75, 3.05) is 6.54 Å². The van der Waals surface area contributed by atoms with Gasteiger partial charge in [-0.15, -0.1) is 0 Å². The molecule has 3 rings (SSSR count). The van der Waals surface area contributed by atoms with E-state index in [0.29, 0.717) is 38.3 Å². The summed E-state index contributed by atoms with van der Waals surface area (Å²) in [7, 11) is 0. The maximum absolute atomic E-state index is 13.0. The fourth-order valence-electron chi connectivity index (χ4n) is 2.97. The number of hydrogen-bond acceptors (Lipinski definition) is 3. The molecule has 1 heterocycles. The molecular formula is C20H21NO4. The van der Waals surface area contributed by atoms with Crippen molar-refractivity contribution in [1.29, 1.82) is 0 Å². The average molecular weight is 339 g/mol. The number of fused-ring (bicyclic) bond motifs is 1. The van der Waals surface area contributed by atoms with Gasteiger partial charge in [0.2, 0.25) is 0 Å². The molecule has 0 unspecified atom stereocenters. The molecule has 130 valence electrons. The molecule has 0 aromatic heterocycles. The second-order valence-corrected chi connectivity index (χ2v) is 6.19. The molecule has 0 fully saturated rings. The topological polar surface area (TPSA) is 66.8 Å². The monoisotopic (exact) mass is 339 g/mol. The van der Waals surface area contributed by atoms with Crippen LogP contribution in [0.15, 0.2) is 48.5 Å². The van der Waals surface area contributed by atoms with E-state index in [0.717, 1.165) is 16.7 Å². The Labute approximate surface area is 146 Å². The van der Waals surface area contributed by atoms with Gasteiger partial charge in [0, 0.05) is 25.1 Å². The maximum atomic E-state index is 13.0. The molecule has 5 heteroatoms. The summed E-state index contributed by atoms with van der Waals surface area (Å²) in [4.78, 5) is 25.5. The van der Waals surface area contributed by atoms with Gasteiger partial charge in [-0.05, 0) is 35.2 Å². The number of hydrogen-bond donors (Lipinski definition) is 1. The molecule has 0 saturated heterocycles. The van der Waals surface area contributed by atoms with Crippen LogP contribution in [0.4, 0.5) is 0 Å². The fourth-order valence-corrected chi connectivity index (χ4v) is 2.97. The number of amides is 1. The Kier molecular flexibility index (Phi) is 5.46. The van der Waals surface area contributed by atoms with Crippen molar-refractivity contribution in [2.45, 2.75) is 32.6 Å². The molecule has 1 amide bonds. The Morgan fingerprint density at radius 2 is 1.80 bits per heavy atom. The standard InChI is InChI=1S/C20H21NO4/c22-19(23)7-4-10-21(12-15-5-2-1-3-6-15)20(24)16-8-9-17-13-25-14-18(17)11-16/h1-3,5-6,8-9,11H,4,7,10,12-14H2,(H,22,23). The van der Waals surface area contributed by atoms with Crippen molar-refractivity contribution in [1.82, 2.24) is 4.90 Å². The van der Waals surface area contributed by atoms with Crippen LogP contribution in [0.1, 0.15) is 39.9 Å². The van der Waals surface area contributed by atoms with Crippen LogP contribution in [0.3, 0.4) is 0 Å². The van der Waals surface area contributed by atoms with E-state index in [-0.39, 0.29) is 12.3 Å². The van der Waals surface area contributed by atoms with Gasteiger partial charge in [-0.25, -0.2) is 0 Å². The lowest BCUT2D eigenvalue weighted by atomic mass is 10.0. The number of aliphatic carboxylic acids is 1. The summed E-state index contributed by atoms with van der Waals surface area (Å²) in [6, 6.07) is 15.4. The Morgan fingerprint density at radius 1 is 1.04 bits per heavy atom. The minimum absolute atomic E-state index is 0.0522. The number of carboxylic acids is 1. The molecule has 0 aliphatic carbocycles. The van der Waals surface area contributed by atoms with Crippen molar-refractivity contribution in [3.8, 4) is 0 Å². The first kappa shape index (κ1) is 17.2. The highest BCUT2D eigenvalue weighted by atomic mass is 16.5. The van der Waals surface area contributed by atoms with E-state index in [1.165, 1.54) is 0 Å². The van der Waals surface area contributed by atoms with Gasteiger partial charge in [-0.3, -0.25) is 9.59 Å². The number of carboxylic acid groups (broad SMARTS) is 1. The fraction of sp³-hybridized carbons (Fsp3) is 0.300. The number of rotatable bonds is 7. The van der Waals surface area contributed by atoms with Gasteiger partial charge in [-0.2, -0.15) is 0 Å². The van der Waals surface area contributed by atoms with Crippen molar-refractivity contribution >= 4 is 11.9 Å². The van der Waals surface area contributed by atoms with Crippen LogP contribution in [-0.4, -0.2) is 28.4 Å². The maximum Gasteiger partial charge on any atom is 0.303 e. The highest BCUT2D eigenvalue weighted by molar-refractivity contribution is 5.94. The van der Waals surface area contributed by atoms with Gasteiger partial charge in [0.05, 0.1) is 13.2 Å². The third-order valence-corrected chi connectivity index (χ3v) is 4.29. The van der Waals surface area contributed by atoms with Gasteiger partial charge in [0.1, 0.15) is 0 Å². The smallest absolute Gasteiger partial charge is 0.303 e. The van der Waals surface area contributed by atoms with Gasteiger partial charge in [0.25, 0.3) is 5.91 Å². The van der Waals surface area contributed by atoms with Gasteiger partial charge < -0.3 is 14.7 Å². The third kappa shape index (κ3) is 4.45. The van der Waals surface area contributed by atoms with Crippen LogP contribution in [0, 0.1) is 0 Å². The molecule has 0 atom stereocenters. The lowest BCUT2D eigenvalue weighted by Gasteiger charge is -2.23. The summed E-state index contributed by atoms with van der Waals surface area (Å²) in [6.45, 7) is 2.00. The normalized spacial score (nSPS) is 12.6. The van der Waals surface area contributed by atoms with Crippen molar-refractivity contribution in [3.63, 3.8) is 0 Å². The van der Waals surface area contributed by atoms with Gasteiger partial charge >= 0.3 is 5.97 Å². The average Bonchev–Trinajstić information content (AvgIpc) is 3.08. The molecule has 2 aromatic carbocycles. The molecule has 0 saturated carbocycles.